The second kappa shape index (κ2) is 6.70. The Morgan fingerprint density at radius 2 is 1.80 bits per heavy atom. The minimum absolute atomic E-state index is 0.00937. The number of hydrogen-bond acceptors (Lipinski definition) is 5. The third-order valence-electron chi connectivity index (χ3n) is 12.2. The Labute approximate surface area is 208 Å². The third kappa shape index (κ3) is 2.45. The zero-order valence-electron chi connectivity index (χ0n) is 21.4. The molecule has 5 fully saturated rings. The van der Waals surface area contributed by atoms with Gasteiger partial charge in [0, 0.05) is 22.8 Å². The number of allylic oxidation sites excluding steroid dienone is 3. The van der Waals surface area contributed by atoms with E-state index in [0.717, 1.165) is 44.9 Å². The quantitative estimate of drug-likeness (QED) is 0.305. The van der Waals surface area contributed by atoms with Gasteiger partial charge in [0.1, 0.15) is 12.2 Å². The van der Waals surface area contributed by atoms with Gasteiger partial charge in [0.15, 0.2) is 0 Å². The van der Waals surface area contributed by atoms with Crippen LogP contribution in [-0.4, -0.2) is 34.9 Å². The summed E-state index contributed by atoms with van der Waals surface area (Å²) < 4.78 is 12.1. The highest BCUT2D eigenvalue weighted by molar-refractivity contribution is 5.91. The van der Waals surface area contributed by atoms with Crippen molar-refractivity contribution in [3.05, 3.63) is 34.9 Å². The molecule has 0 aromatic heterocycles. The highest BCUT2D eigenvalue weighted by Gasteiger charge is 2.77. The van der Waals surface area contributed by atoms with Crippen LogP contribution < -0.4 is 0 Å². The summed E-state index contributed by atoms with van der Waals surface area (Å²) in [6, 6.07) is 0. The number of carbonyl (C=O) groups excluding carboxylic acids is 2. The zero-order valence-corrected chi connectivity index (χ0v) is 21.4. The Balaban J connectivity index is 1.38. The first-order chi connectivity index (χ1) is 16.5. The summed E-state index contributed by atoms with van der Waals surface area (Å²) in [7, 11) is 0. The average Bonchev–Trinajstić information content (AvgIpc) is 3.47. The lowest BCUT2D eigenvalue weighted by atomic mass is 9.49. The van der Waals surface area contributed by atoms with Gasteiger partial charge in [0.25, 0.3) is 0 Å². The lowest BCUT2D eigenvalue weighted by Gasteiger charge is -2.51. The standard InChI is InChI=1S/C30H38O5/c1-14-8-25-23(11-22-19(14)6-7-28(22,5)33)30(27(32)35-25)13-18-12-29(30)15(2)9-24-20(10-21(29)16(18)3)17(4)26(31)34-24/h8,15,18-20,22-25,33H,4,6-7,9-13H2,1-3,5H3/t15-,18-,19+,20+,22+,23-,24-,25-,28+,29+,30+/m0/s1. The highest BCUT2D eigenvalue weighted by Crippen LogP contribution is 2.77. The smallest absolute Gasteiger partial charge is 0.334 e. The summed E-state index contributed by atoms with van der Waals surface area (Å²) in [6.45, 7) is 12.8. The van der Waals surface area contributed by atoms with Crippen LogP contribution in [0.25, 0.3) is 0 Å². The van der Waals surface area contributed by atoms with Crippen LogP contribution in [0.5, 0.6) is 0 Å². The molecule has 2 heterocycles. The van der Waals surface area contributed by atoms with E-state index in [2.05, 4.69) is 33.4 Å². The molecule has 5 nitrogen and oxygen atoms in total. The van der Waals surface area contributed by atoms with E-state index in [0.29, 0.717) is 17.4 Å². The number of esters is 2. The lowest BCUT2D eigenvalue weighted by Crippen LogP contribution is -2.52. The van der Waals surface area contributed by atoms with E-state index in [1.165, 1.54) is 16.7 Å². The van der Waals surface area contributed by atoms with Crippen molar-refractivity contribution in [1.82, 2.24) is 0 Å². The molecule has 7 aliphatic rings. The van der Waals surface area contributed by atoms with E-state index in [-0.39, 0.29) is 53.2 Å². The van der Waals surface area contributed by atoms with Crippen LogP contribution in [0.3, 0.4) is 0 Å². The monoisotopic (exact) mass is 478 g/mol. The Kier molecular flexibility index (Phi) is 4.28. The van der Waals surface area contributed by atoms with Gasteiger partial charge in [-0.3, -0.25) is 4.79 Å². The number of rotatable bonds is 0. The lowest BCUT2D eigenvalue weighted by molar-refractivity contribution is -0.155. The maximum Gasteiger partial charge on any atom is 0.334 e. The first-order valence-corrected chi connectivity index (χ1v) is 13.7. The van der Waals surface area contributed by atoms with Gasteiger partial charge in [-0.05, 0) is 95.5 Å². The predicted molar refractivity (Wildman–Crippen MR) is 130 cm³/mol. The van der Waals surface area contributed by atoms with Crippen LogP contribution in [0.4, 0.5) is 0 Å². The Hall–Kier alpha value is -1.88. The van der Waals surface area contributed by atoms with Gasteiger partial charge in [-0.2, -0.15) is 0 Å². The molecule has 0 aromatic rings. The van der Waals surface area contributed by atoms with Gasteiger partial charge in [-0.25, -0.2) is 4.79 Å². The topological polar surface area (TPSA) is 72.8 Å². The minimum Gasteiger partial charge on any atom is -0.458 e. The Morgan fingerprint density at radius 1 is 1.06 bits per heavy atom. The normalized spacial score (nSPS) is 54.1. The summed E-state index contributed by atoms with van der Waals surface area (Å²) in [4.78, 5) is 26.5. The summed E-state index contributed by atoms with van der Waals surface area (Å²) in [5.41, 5.74) is 3.17. The first-order valence-electron chi connectivity index (χ1n) is 13.7. The number of fused-ring (bicyclic) bond motifs is 5. The summed E-state index contributed by atoms with van der Waals surface area (Å²) in [5, 5.41) is 11.4. The molecule has 0 aromatic carbocycles. The van der Waals surface area contributed by atoms with Crippen LogP contribution in [0.1, 0.15) is 72.6 Å². The maximum atomic E-state index is 14.2. The fourth-order valence-electron chi connectivity index (χ4n) is 10.6. The molecule has 0 unspecified atom stereocenters. The highest BCUT2D eigenvalue weighted by atomic mass is 16.6. The number of carbonyl (C=O) groups is 2. The largest absolute Gasteiger partial charge is 0.458 e. The van der Waals surface area contributed by atoms with Crippen molar-refractivity contribution in [1.29, 1.82) is 0 Å². The van der Waals surface area contributed by atoms with E-state index in [4.69, 9.17) is 9.47 Å². The van der Waals surface area contributed by atoms with E-state index >= 15 is 0 Å². The number of hydrogen-bond donors (Lipinski definition) is 1. The van der Waals surface area contributed by atoms with E-state index in [1.54, 1.807) is 0 Å². The van der Waals surface area contributed by atoms with Crippen LogP contribution in [0, 0.1) is 46.3 Å². The molecule has 0 amide bonds. The molecule has 2 aliphatic heterocycles. The Morgan fingerprint density at radius 3 is 2.57 bits per heavy atom. The van der Waals surface area contributed by atoms with Gasteiger partial charge >= 0.3 is 11.9 Å². The molecule has 2 saturated heterocycles. The molecule has 7 rings (SSSR count). The number of aliphatic hydroxyl groups is 1. The van der Waals surface area contributed by atoms with Crippen LogP contribution in [0.2, 0.25) is 0 Å². The van der Waals surface area contributed by atoms with Gasteiger partial charge < -0.3 is 14.6 Å². The van der Waals surface area contributed by atoms with Gasteiger partial charge in [0.05, 0.1) is 11.0 Å². The first kappa shape index (κ1) is 22.3. The van der Waals surface area contributed by atoms with E-state index in [9.17, 15) is 14.7 Å². The molecule has 5 aliphatic carbocycles. The van der Waals surface area contributed by atoms with Crippen LogP contribution >= 0.6 is 0 Å². The Bertz CT molecular complexity index is 1130. The summed E-state index contributed by atoms with van der Waals surface area (Å²) >= 11 is 0. The predicted octanol–water partition coefficient (Wildman–Crippen LogP) is 4.90. The van der Waals surface area contributed by atoms with Crippen molar-refractivity contribution >= 4 is 11.9 Å². The molecule has 5 heteroatoms. The zero-order chi connectivity index (χ0) is 24.7. The van der Waals surface area contributed by atoms with Gasteiger partial charge in [0.2, 0.25) is 0 Å². The SMILES string of the molecule is C=C1C(=O)O[C@H]2C[C@H](C)[C@@]34C[C@@H](C[C@@]35C(=O)O[C@H]3C=C(C)[C@H]6CC[C@@](C)(O)[C@@H]6C[C@@H]35)C(C)=C4C[C@H]12. The van der Waals surface area contributed by atoms with E-state index < -0.39 is 11.0 Å². The van der Waals surface area contributed by atoms with Crippen molar-refractivity contribution in [3.8, 4) is 0 Å². The average molecular weight is 479 g/mol. The van der Waals surface area contributed by atoms with Gasteiger partial charge in [-0.1, -0.05) is 30.2 Å². The van der Waals surface area contributed by atoms with Crippen molar-refractivity contribution in [2.75, 3.05) is 0 Å². The summed E-state index contributed by atoms with van der Waals surface area (Å²) in [5.74, 6) is 0.924. The molecule has 188 valence electrons. The fraction of sp³-hybridized carbons (Fsp3) is 0.733. The molecule has 2 bridgehead atoms. The second-order valence-corrected chi connectivity index (χ2v) is 13.4. The number of ether oxygens (including phenoxy) is 2. The fourth-order valence-corrected chi connectivity index (χ4v) is 10.6. The molecule has 1 N–H and O–H groups in total. The molecule has 35 heavy (non-hydrogen) atoms. The molecular weight excluding hydrogens is 440 g/mol. The molecule has 11 atom stereocenters. The van der Waals surface area contributed by atoms with Crippen molar-refractivity contribution in [2.45, 2.75) is 90.4 Å². The van der Waals surface area contributed by atoms with Crippen molar-refractivity contribution in [2.24, 2.45) is 46.3 Å². The third-order valence-corrected chi connectivity index (χ3v) is 12.2. The van der Waals surface area contributed by atoms with Crippen molar-refractivity contribution in [3.63, 3.8) is 0 Å². The minimum atomic E-state index is -0.705. The molecule has 0 radical (unpaired) electrons. The van der Waals surface area contributed by atoms with Crippen molar-refractivity contribution < 1.29 is 24.2 Å². The molecule has 3 saturated carbocycles. The molecule has 2 spiro atoms. The van der Waals surface area contributed by atoms with Crippen LogP contribution in [0.15, 0.2) is 34.9 Å². The van der Waals surface area contributed by atoms with E-state index in [1.807, 2.05) is 6.92 Å². The maximum absolute atomic E-state index is 14.2. The second-order valence-electron chi connectivity index (χ2n) is 13.4. The summed E-state index contributed by atoms with van der Waals surface area (Å²) in [6.07, 6.45) is 7.94. The van der Waals surface area contributed by atoms with Gasteiger partial charge in [-0.15, -0.1) is 0 Å². The van der Waals surface area contributed by atoms with Crippen LogP contribution in [-0.2, 0) is 19.1 Å². The molecular formula is C30H38O5.